The van der Waals surface area contributed by atoms with Crippen LogP contribution < -0.4 is 10.0 Å². The molecule has 2 aromatic carbocycles. The van der Waals surface area contributed by atoms with E-state index in [1.54, 1.807) is 18.3 Å². The lowest BCUT2D eigenvalue weighted by molar-refractivity contribution is 0.0955. The van der Waals surface area contributed by atoms with Crippen LogP contribution in [0.15, 0.2) is 65.8 Å². The Hall–Kier alpha value is -3.20. The van der Waals surface area contributed by atoms with Crippen LogP contribution in [-0.2, 0) is 23.5 Å². The minimum Gasteiger partial charge on any atom is -0.352 e. The standard InChI is InChI=1S/C19H19FN4O3S/c1-24-13-12-21-18(24)10-11-22-19(25)16-4-2-3-5-17(16)23-28(26,27)15-8-6-14(20)7-9-15/h2-9,12-13,23H,10-11H2,1H3,(H,22,25). The van der Waals surface area contributed by atoms with Gasteiger partial charge in [-0.15, -0.1) is 0 Å². The number of imidazole rings is 1. The van der Waals surface area contributed by atoms with Crippen LogP contribution in [-0.4, -0.2) is 30.4 Å². The van der Waals surface area contributed by atoms with Crippen molar-refractivity contribution in [2.24, 2.45) is 7.05 Å². The summed E-state index contributed by atoms with van der Waals surface area (Å²) in [7, 11) is -2.09. The normalized spacial score (nSPS) is 11.2. The fraction of sp³-hybridized carbons (Fsp3) is 0.158. The van der Waals surface area contributed by atoms with E-state index in [4.69, 9.17) is 0 Å². The Morgan fingerprint density at radius 2 is 1.86 bits per heavy atom. The molecule has 0 bridgehead atoms. The lowest BCUT2D eigenvalue weighted by atomic mass is 10.1. The van der Waals surface area contributed by atoms with Gasteiger partial charge >= 0.3 is 0 Å². The number of amides is 1. The van der Waals surface area contributed by atoms with Gasteiger partial charge in [0.05, 0.1) is 16.1 Å². The van der Waals surface area contributed by atoms with E-state index in [0.29, 0.717) is 13.0 Å². The van der Waals surface area contributed by atoms with Crippen molar-refractivity contribution in [3.63, 3.8) is 0 Å². The molecule has 0 radical (unpaired) electrons. The van der Waals surface area contributed by atoms with Gasteiger partial charge < -0.3 is 9.88 Å². The largest absolute Gasteiger partial charge is 0.352 e. The molecule has 9 heteroatoms. The second-order valence-electron chi connectivity index (χ2n) is 6.07. The number of nitrogens with one attached hydrogen (secondary N) is 2. The Morgan fingerprint density at radius 3 is 2.54 bits per heavy atom. The molecule has 2 N–H and O–H groups in total. The van der Waals surface area contributed by atoms with Gasteiger partial charge in [0.15, 0.2) is 0 Å². The molecule has 3 rings (SSSR count). The average Bonchev–Trinajstić information content (AvgIpc) is 3.07. The second-order valence-corrected chi connectivity index (χ2v) is 7.75. The molecular formula is C19H19FN4O3S. The van der Waals surface area contributed by atoms with Gasteiger partial charge in [0.25, 0.3) is 15.9 Å². The molecule has 0 saturated heterocycles. The number of anilines is 1. The Labute approximate surface area is 162 Å². The molecule has 0 saturated carbocycles. The van der Waals surface area contributed by atoms with E-state index >= 15 is 0 Å². The lowest BCUT2D eigenvalue weighted by Gasteiger charge is -2.13. The smallest absolute Gasteiger partial charge is 0.261 e. The van der Waals surface area contributed by atoms with Crippen molar-refractivity contribution in [1.29, 1.82) is 0 Å². The van der Waals surface area contributed by atoms with Crippen molar-refractivity contribution in [3.8, 4) is 0 Å². The van der Waals surface area contributed by atoms with Gasteiger partial charge in [-0.2, -0.15) is 0 Å². The number of hydrogen-bond donors (Lipinski definition) is 2. The highest BCUT2D eigenvalue weighted by Gasteiger charge is 2.18. The summed E-state index contributed by atoms with van der Waals surface area (Å²) in [6, 6.07) is 10.7. The van der Waals surface area contributed by atoms with Crippen LogP contribution in [0.4, 0.5) is 10.1 Å². The topological polar surface area (TPSA) is 93.1 Å². The third-order valence-electron chi connectivity index (χ3n) is 4.10. The number of benzene rings is 2. The third kappa shape index (κ3) is 4.55. The molecule has 0 fully saturated rings. The summed E-state index contributed by atoms with van der Waals surface area (Å²) in [6.07, 6.45) is 4.03. The third-order valence-corrected chi connectivity index (χ3v) is 5.48. The van der Waals surface area contributed by atoms with Crippen LogP contribution in [0, 0.1) is 5.82 Å². The van der Waals surface area contributed by atoms with Crippen molar-refractivity contribution >= 4 is 21.6 Å². The van der Waals surface area contributed by atoms with Gasteiger partial charge in [-0.1, -0.05) is 12.1 Å². The molecule has 28 heavy (non-hydrogen) atoms. The number of nitrogens with zero attached hydrogens (tertiary/aromatic N) is 2. The first-order valence-electron chi connectivity index (χ1n) is 8.48. The summed E-state index contributed by atoms with van der Waals surface area (Å²) in [5, 5.41) is 2.76. The molecular weight excluding hydrogens is 383 g/mol. The first-order chi connectivity index (χ1) is 13.4. The highest BCUT2D eigenvalue weighted by Crippen LogP contribution is 2.20. The van der Waals surface area contributed by atoms with Crippen LogP contribution in [0.2, 0.25) is 0 Å². The maximum atomic E-state index is 13.0. The molecule has 0 aliphatic rings. The number of halogens is 1. The van der Waals surface area contributed by atoms with E-state index < -0.39 is 21.7 Å². The zero-order valence-electron chi connectivity index (χ0n) is 15.1. The number of aryl methyl sites for hydroxylation is 1. The number of rotatable bonds is 7. The SMILES string of the molecule is Cn1ccnc1CCNC(=O)c1ccccc1NS(=O)(=O)c1ccc(F)cc1. The van der Waals surface area contributed by atoms with Crippen molar-refractivity contribution in [2.45, 2.75) is 11.3 Å². The maximum Gasteiger partial charge on any atom is 0.261 e. The minimum atomic E-state index is -3.96. The predicted molar refractivity (Wildman–Crippen MR) is 103 cm³/mol. The van der Waals surface area contributed by atoms with Crippen molar-refractivity contribution in [2.75, 3.05) is 11.3 Å². The maximum absolute atomic E-state index is 13.0. The molecule has 0 spiro atoms. The minimum absolute atomic E-state index is 0.0982. The highest BCUT2D eigenvalue weighted by atomic mass is 32.2. The molecule has 3 aromatic rings. The van der Waals surface area contributed by atoms with Gasteiger partial charge in [0, 0.05) is 32.4 Å². The number of sulfonamides is 1. The second kappa shape index (κ2) is 8.22. The van der Waals surface area contributed by atoms with Gasteiger partial charge in [-0.25, -0.2) is 17.8 Å². The molecule has 0 aliphatic carbocycles. The Kier molecular flexibility index (Phi) is 5.74. The number of para-hydroxylation sites is 1. The molecule has 146 valence electrons. The fourth-order valence-corrected chi connectivity index (χ4v) is 3.69. The summed E-state index contributed by atoms with van der Waals surface area (Å²) in [5.74, 6) is -0.122. The van der Waals surface area contributed by atoms with Gasteiger partial charge in [-0.05, 0) is 36.4 Å². The summed E-state index contributed by atoms with van der Waals surface area (Å²) in [4.78, 5) is 16.6. The van der Waals surface area contributed by atoms with Crippen molar-refractivity contribution < 1.29 is 17.6 Å². The van der Waals surface area contributed by atoms with E-state index in [1.165, 1.54) is 12.1 Å². The summed E-state index contributed by atoms with van der Waals surface area (Å²) in [6.45, 7) is 0.350. The fourth-order valence-electron chi connectivity index (χ4n) is 2.61. The first-order valence-corrected chi connectivity index (χ1v) is 9.97. The number of aromatic nitrogens is 2. The van der Waals surface area contributed by atoms with Crippen LogP contribution in [0.1, 0.15) is 16.2 Å². The van der Waals surface area contributed by atoms with E-state index in [-0.39, 0.29) is 16.1 Å². The highest BCUT2D eigenvalue weighted by molar-refractivity contribution is 7.92. The van der Waals surface area contributed by atoms with Crippen LogP contribution in [0.3, 0.4) is 0 Å². The van der Waals surface area contributed by atoms with Crippen LogP contribution >= 0.6 is 0 Å². The average molecular weight is 402 g/mol. The molecule has 0 atom stereocenters. The van der Waals surface area contributed by atoms with E-state index in [2.05, 4.69) is 15.0 Å². The molecule has 1 aromatic heterocycles. The number of carbonyl (C=O) groups excluding carboxylic acids is 1. The van der Waals surface area contributed by atoms with E-state index in [9.17, 15) is 17.6 Å². The molecule has 1 heterocycles. The molecule has 0 aliphatic heterocycles. The first kappa shape index (κ1) is 19.6. The van der Waals surface area contributed by atoms with Crippen LogP contribution in [0.25, 0.3) is 0 Å². The summed E-state index contributed by atoms with van der Waals surface area (Å²) >= 11 is 0. The molecule has 1 amide bonds. The van der Waals surface area contributed by atoms with Gasteiger partial charge in [0.2, 0.25) is 0 Å². The Bertz CT molecular complexity index is 1080. The lowest BCUT2D eigenvalue weighted by Crippen LogP contribution is -2.27. The van der Waals surface area contributed by atoms with E-state index in [1.807, 2.05) is 17.8 Å². The molecule has 0 unspecified atom stereocenters. The van der Waals surface area contributed by atoms with Gasteiger partial charge in [0.1, 0.15) is 11.6 Å². The zero-order valence-corrected chi connectivity index (χ0v) is 15.9. The van der Waals surface area contributed by atoms with Crippen molar-refractivity contribution in [3.05, 3.63) is 78.1 Å². The zero-order chi connectivity index (χ0) is 20.1. The van der Waals surface area contributed by atoms with Crippen LogP contribution in [0.5, 0.6) is 0 Å². The number of carbonyl (C=O) groups is 1. The predicted octanol–water partition coefficient (Wildman–Crippen LogP) is 2.33. The summed E-state index contributed by atoms with van der Waals surface area (Å²) < 4.78 is 42.3. The van der Waals surface area contributed by atoms with E-state index in [0.717, 1.165) is 30.1 Å². The summed E-state index contributed by atoms with van der Waals surface area (Å²) in [5.41, 5.74) is 0.328. The Balaban J connectivity index is 1.72. The van der Waals surface area contributed by atoms with Gasteiger partial charge in [-0.3, -0.25) is 9.52 Å². The van der Waals surface area contributed by atoms with Crippen molar-refractivity contribution in [1.82, 2.24) is 14.9 Å². The Morgan fingerprint density at radius 1 is 1.14 bits per heavy atom. The molecule has 7 nitrogen and oxygen atoms in total. The monoisotopic (exact) mass is 402 g/mol. The quantitative estimate of drug-likeness (QED) is 0.634. The number of hydrogen-bond acceptors (Lipinski definition) is 4.